The van der Waals surface area contributed by atoms with E-state index in [1.807, 2.05) is 0 Å². The summed E-state index contributed by atoms with van der Waals surface area (Å²) >= 11 is 5.98. The van der Waals surface area contributed by atoms with Crippen LogP contribution < -0.4 is 22.1 Å². The van der Waals surface area contributed by atoms with Gasteiger partial charge in [-0.15, -0.1) is 5.11 Å². The van der Waals surface area contributed by atoms with Crippen LogP contribution in [0.4, 0.5) is 19.0 Å². The van der Waals surface area contributed by atoms with Crippen molar-refractivity contribution in [2.75, 3.05) is 11.9 Å². The van der Waals surface area contributed by atoms with Gasteiger partial charge in [-0.25, -0.2) is 4.98 Å². The normalized spacial score (nSPS) is 23.0. The first-order valence-corrected chi connectivity index (χ1v) is 10.3. The van der Waals surface area contributed by atoms with E-state index in [1.54, 1.807) is 0 Å². The quantitative estimate of drug-likeness (QED) is 0.563. The van der Waals surface area contributed by atoms with Gasteiger partial charge in [-0.2, -0.15) is 13.2 Å². The molecule has 0 aromatic carbocycles. The van der Waals surface area contributed by atoms with Crippen molar-refractivity contribution in [3.05, 3.63) is 40.2 Å². The van der Waals surface area contributed by atoms with E-state index in [-0.39, 0.29) is 33.2 Å². The summed E-state index contributed by atoms with van der Waals surface area (Å²) in [6, 6.07) is 4.38. The highest BCUT2D eigenvalue weighted by Crippen LogP contribution is 2.40. The average molecular weight is 491 g/mol. The topological polar surface area (TPSA) is 102 Å². The molecule has 1 aliphatic rings. The van der Waals surface area contributed by atoms with E-state index in [2.05, 4.69) is 20.3 Å². The highest BCUT2D eigenvalue weighted by Gasteiger charge is 2.59. The minimum absolute atomic E-state index is 0.0249. The Bertz CT molecular complexity index is 1230. The predicted molar refractivity (Wildman–Crippen MR) is 131 cm³/mol. The molecular weight excluding hydrogens is 477 g/mol. The molecule has 0 saturated heterocycles. The second-order valence-electron chi connectivity index (χ2n) is 8.33. The first-order valence-electron chi connectivity index (χ1n) is 9.87. The molecule has 170 valence electrons. The Morgan fingerprint density at radius 2 is 1.83 bits per heavy atom. The lowest BCUT2D eigenvalue weighted by molar-refractivity contribution is -0.249. The van der Waals surface area contributed by atoms with E-state index in [0.717, 1.165) is 6.92 Å². The summed E-state index contributed by atoms with van der Waals surface area (Å²) in [5.41, 5.74) is 0.507. The molecule has 1 aliphatic heterocycles. The third kappa shape index (κ3) is 4.98. The molecule has 1 amide bonds. The number of aromatic nitrogens is 2. The van der Waals surface area contributed by atoms with Gasteiger partial charge < -0.3 is 15.8 Å². The van der Waals surface area contributed by atoms with Crippen molar-refractivity contribution >= 4 is 79.4 Å². The van der Waals surface area contributed by atoms with Crippen LogP contribution in [0.2, 0.25) is 5.02 Å². The first kappa shape index (κ1) is 27.2. The summed E-state index contributed by atoms with van der Waals surface area (Å²) in [5, 5.41) is 0.176. The van der Waals surface area contributed by atoms with Crippen LogP contribution in [0.25, 0.3) is 0 Å². The van der Waals surface area contributed by atoms with Crippen LogP contribution in [-0.2, 0) is 15.4 Å². The highest BCUT2D eigenvalue weighted by atomic mass is 35.5. The third-order valence-corrected chi connectivity index (χ3v) is 5.83. The molecule has 7 nitrogen and oxygen atoms in total. The standard InChI is InChI=1S/C19H14B5ClF3N5O2/c1-16(6-35-17(2,15(29)33-16)19(26,27)28)7-4-3-5-8(30-7)31-14(34)12-9(18(22,23)24)10(20)11(25)13(21)32-12/h3-5H,6H2,1-2H3,(H2,29,33)(H,30,31,34)/t16-,17+/m0/s1. The van der Waals surface area contributed by atoms with Crippen LogP contribution in [0.5, 0.6) is 0 Å². The van der Waals surface area contributed by atoms with Crippen molar-refractivity contribution in [1.82, 2.24) is 9.97 Å². The number of nitrogens with two attached hydrogens (primary N) is 1. The van der Waals surface area contributed by atoms with Gasteiger partial charge in [0, 0.05) is 10.6 Å². The molecule has 0 unspecified atom stereocenters. The molecule has 3 rings (SSSR count). The molecule has 0 aliphatic carbocycles. The van der Waals surface area contributed by atoms with Gasteiger partial charge in [0.05, 0.1) is 35.8 Å². The van der Waals surface area contributed by atoms with Gasteiger partial charge in [0.1, 0.15) is 38.6 Å². The Hall–Kier alpha value is -2.40. The number of carbonyl (C=O) groups excluding carboxylic acids is 1. The Balaban J connectivity index is 1.97. The maximum absolute atomic E-state index is 13.4. The van der Waals surface area contributed by atoms with Gasteiger partial charge in [-0.05, 0) is 31.5 Å². The number of nitrogens with zero attached hydrogens (tertiary/aromatic N) is 3. The Labute approximate surface area is 211 Å². The molecule has 2 aromatic rings. The monoisotopic (exact) mass is 491 g/mol. The van der Waals surface area contributed by atoms with Crippen molar-refractivity contribution in [2.24, 2.45) is 10.7 Å². The molecule has 35 heavy (non-hydrogen) atoms. The number of anilines is 1. The smallest absolute Gasteiger partial charge is 0.385 e. The lowest BCUT2D eigenvalue weighted by Crippen LogP contribution is -2.60. The number of hydrogen-bond donors (Lipinski definition) is 2. The summed E-state index contributed by atoms with van der Waals surface area (Å²) in [4.78, 5) is 25.2. The van der Waals surface area contributed by atoms with Crippen LogP contribution >= 0.6 is 11.6 Å². The molecule has 16 heteroatoms. The number of amidine groups is 1. The second-order valence-corrected chi connectivity index (χ2v) is 8.71. The zero-order valence-electron chi connectivity index (χ0n) is 18.6. The maximum atomic E-state index is 13.4. The number of halogens is 4. The number of ether oxygens (including phenoxy) is 1. The molecule has 0 bridgehead atoms. The summed E-state index contributed by atoms with van der Waals surface area (Å²) in [7, 11) is 28.8. The minimum Gasteiger partial charge on any atom is -0.385 e. The van der Waals surface area contributed by atoms with Crippen molar-refractivity contribution in [2.45, 2.75) is 36.3 Å². The fraction of sp³-hybridized carbons (Fsp3) is 0.368. The number of amides is 1. The van der Waals surface area contributed by atoms with E-state index in [0.29, 0.717) is 0 Å². The number of alkyl halides is 3. The summed E-state index contributed by atoms with van der Waals surface area (Å²) in [6.07, 6.45) is -4.78. The van der Waals surface area contributed by atoms with E-state index in [4.69, 9.17) is 61.3 Å². The lowest BCUT2D eigenvalue weighted by atomic mass is 9.38. The number of hydrogen-bond acceptors (Lipinski definition) is 6. The van der Waals surface area contributed by atoms with Gasteiger partial charge in [-0.1, -0.05) is 23.1 Å². The first-order chi connectivity index (χ1) is 15.9. The molecule has 2 aromatic heterocycles. The number of rotatable bonds is 4. The average Bonchev–Trinajstić information content (AvgIpc) is 2.73. The van der Waals surface area contributed by atoms with Gasteiger partial charge >= 0.3 is 6.18 Å². The molecule has 0 fully saturated rings. The van der Waals surface area contributed by atoms with E-state index >= 15 is 0 Å². The van der Waals surface area contributed by atoms with Crippen LogP contribution in [0, 0.1) is 0 Å². The molecule has 10 radical (unpaired) electrons. The third-order valence-electron chi connectivity index (χ3n) is 5.43. The molecular formula is C19H14B5ClF3N5O2. The molecule has 0 saturated carbocycles. The Morgan fingerprint density at radius 1 is 1.20 bits per heavy atom. The molecule has 3 heterocycles. The van der Waals surface area contributed by atoms with Gasteiger partial charge in [0.15, 0.2) is 0 Å². The van der Waals surface area contributed by atoms with Crippen molar-refractivity contribution in [3.63, 3.8) is 0 Å². The Morgan fingerprint density at radius 3 is 2.37 bits per heavy atom. The van der Waals surface area contributed by atoms with Gasteiger partial charge in [0.25, 0.3) is 5.91 Å². The highest BCUT2D eigenvalue weighted by molar-refractivity contribution is 6.62. The summed E-state index contributed by atoms with van der Waals surface area (Å²) in [5.74, 6) is -1.67. The van der Waals surface area contributed by atoms with E-state index < -0.39 is 46.5 Å². The minimum atomic E-state index is -4.78. The second kappa shape index (κ2) is 8.92. The Kier molecular flexibility index (Phi) is 6.93. The van der Waals surface area contributed by atoms with Crippen LogP contribution in [0.1, 0.15) is 35.6 Å². The summed E-state index contributed by atoms with van der Waals surface area (Å²) in [6.45, 7) is 1.78. The van der Waals surface area contributed by atoms with Crippen LogP contribution in [0.15, 0.2) is 23.2 Å². The largest absolute Gasteiger partial charge is 0.424 e. The summed E-state index contributed by atoms with van der Waals surface area (Å²) < 4.78 is 45.3. The van der Waals surface area contributed by atoms with Crippen molar-refractivity contribution in [1.29, 1.82) is 0 Å². The number of nitrogens with one attached hydrogen (secondary N) is 1. The van der Waals surface area contributed by atoms with Crippen LogP contribution in [-0.4, -0.2) is 79.3 Å². The van der Waals surface area contributed by atoms with Crippen molar-refractivity contribution < 1.29 is 22.7 Å². The number of aliphatic imine (C=N–C) groups is 1. The van der Waals surface area contributed by atoms with E-state index in [1.165, 1.54) is 25.1 Å². The predicted octanol–water partition coefficient (Wildman–Crippen LogP) is -0.491. The fourth-order valence-corrected chi connectivity index (χ4v) is 3.44. The number of carbonyl (C=O) groups is 1. The molecule has 2 atom stereocenters. The van der Waals surface area contributed by atoms with Crippen molar-refractivity contribution in [3.8, 4) is 0 Å². The SMILES string of the molecule is [B]c1nc(C(=O)Nc2cccc([C@]3(C)CO[C@@](C)(C(F)(F)F)C(N)=N3)n2)c(C([B])([B])[B])c([B])c1Cl. The van der Waals surface area contributed by atoms with Gasteiger partial charge in [-0.3, -0.25) is 14.8 Å². The number of pyridine rings is 2. The van der Waals surface area contributed by atoms with E-state index in [9.17, 15) is 18.0 Å². The lowest BCUT2D eigenvalue weighted by Gasteiger charge is -2.40. The zero-order valence-corrected chi connectivity index (χ0v) is 19.3. The zero-order chi connectivity index (χ0) is 26.6. The van der Waals surface area contributed by atoms with Gasteiger partial charge in [0.2, 0.25) is 5.60 Å². The molecule has 3 N–H and O–H groups in total. The van der Waals surface area contributed by atoms with Crippen LogP contribution in [0.3, 0.4) is 0 Å². The molecule has 0 spiro atoms. The fourth-order valence-electron chi connectivity index (χ4n) is 3.31. The maximum Gasteiger partial charge on any atom is 0.424 e.